The first-order chi connectivity index (χ1) is 8.56. The van der Waals surface area contributed by atoms with Crippen LogP contribution in [0.15, 0.2) is 18.3 Å². The van der Waals surface area contributed by atoms with Crippen LogP contribution < -0.4 is 4.74 Å². The maximum atomic E-state index is 11.1. The molecule has 98 valence electrons. The first-order valence-corrected chi connectivity index (χ1v) is 5.58. The van der Waals surface area contributed by atoms with E-state index in [0.717, 1.165) is 6.42 Å². The highest BCUT2D eigenvalue weighted by molar-refractivity contribution is 5.83. The first kappa shape index (κ1) is 14.0. The maximum Gasteiger partial charge on any atom is 0.311 e. The fourth-order valence-electron chi connectivity index (χ4n) is 1.49. The predicted molar refractivity (Wildman–Crippen MR) is 62.7 cm³/mol. The van der Waals surface area contributed by atoms with E-state index in [1.807, 2.05) is 6.92 Å². The van der Waals surface area contributed by atoms with Gasteiger partial charge in [-0.1, -0.05) is 13.0 Å². The van der Waals surface area contributed by atoms with Crippen LogP contribution in [0.1, 0.15) is 31.2 Å². The Kier molecular flexibility index (Phi) is 5.10. The number of hydrogen-bond donors (Lipinski definition) is 2. The molecule has 18 heavy (non-hydrogen) atoms. The second kappa shape index (κ2) is 6.58. The van der Waals surface area contributed by atoms with Crippen molar-refractivity contribution in [2.24, 2.45) is 0 Å². The lowest BCUT2D eigenvalue weighted by molar-refractivity contribution is -0.145. The number of nitrogens with zero attached hydrogens (tertiary/aromatic N) is 1. The third-order valence-electron chi connectivity index (χ3n) is 2.30. The van der Waals surface area contributed by atoms with Crippen LogP contribution in [0.3, 0.4) is 0 Å². The fraction of sp³-hybridized carbons (Fsp3) is 0.417. The number of hydrogen-bond acceptors (Lipinski definition) is 4. The van der Waals surface area contributed by atoms with Crippen molar-refractivity contribution >= 4 is 11.9 Å². The van der Waals surface area contributed by atoms with E-state index in [-0.39, 0.29) is 5.88 Å². The van der Waals surface area contributed by atoms with Gasteiger partial charge in [-0.2, -0.15) is 0 Å². The predicted octanol–water partition coefficient (Wildman–Crippen LogP) is 1.51. The number of pyridine rings is 1. The van der Waals surface area contributed by atoms with Gasteiger partial charge < -0.3 is 14.9 Å². The summed E-state index contributed by atoms with van der Waals surface area (Å²) in [5, 5.41) is 17.8. The number of carbonyl (C=O) groups is 2. The van der Waals surface area contributed by atoms with Gasteiger partial charge in [-0.05, 0) is 12.5 Å². The molecule has 0 aliphatic carbocycles. The zero-order valence-electron chi connectivity index (χ0n) is 10.00. The Morgan fingerprint density at radius 3 is 2.72 bits per heavy atom. The van der Waals surface area contributed by atoms with Gasteiger partial charge in [0.2, 0.25) is 5.88 Å². The van der Waals surface area contributed by atoms with Crippen LogP contribution in [-0.2, 0) is 9.59 Å². The highest BCUT2D eigenvalue weighted by Gasteiger charge is 2.26. The van der Waals surface area contributed by atoms with Crippen molar-refractivity contribution in [3.63, 3.8) is 0 Å². The van der Waals surface area contributed by atoms with E-state index < -0.39 is 24.3 Å². The van der Waals surface area contributed by atoms with Gasteiger partial charge in [0, 0.05) is 11.8 Å². The van der Waals surface area contributed by atoms with Crippen LogP contribution in [0.25, 0.3) is 0 Å². The van der Waals surface area contributed by atoms with Crippen molar-refractivity contribution in [3.05, 3.63) is 23.9 Å². The summed E-state index contributed by atoms with van der Waals surface area (Å²) in [6.45, 7) is 2.32. The van der Waals surface area contributed by atoms with Crippen LogP contribution in [0.4, 0.5) is 0 Å². The minimum Gasteiger partial charge on any atom is -0.481 e. The van der Waals surface area contributed by atoms with Crippen LogP contribution in [0, 0.1) is 0 Å². The Labute approximate surface area is 104 Å². The summed E-state index contributed by atoms with van der Waals surface area (Å²) in [6, 6.07) is 3.09. The van der Waals surface area contributed by atoms with Gasteiger partial charge in [0.1, 0.15) is 0 Å². The molecule has 0 aliphatic heterocycles. The molecular weight excluding hydrogens is 238 g/mol. The normalized spacial score (nSPS) is 11.8. The van der Waals surface area contributed by atoms with Gasteiger partial charge >= 0.3 is 11.9 Å². The largest absolute Gasteiger partial charge is 0.481 e. The van der Waals surface area contributed by atoms with E-state index in [1.165, 1.54) is 12.3 Å². The summed E-state index contributed by atoms with van der Waals surface area (Å²) < 4.78 is 5.33. The molecule has 1 rings (SSSR count). The summed E-state index contributed by atoms with van der Waals surface area (Å²) in [5.41, 5.74) is 0.292. The van der Waals surface area contributed by atoms with Crippen LogP contribution >= 0.6 is 0 Å². The number of carboxylic acids is 2. The van der Waals surface area contributed by atoms with Gasteiger partial charge in [-0.25, -0.2) is 4.98 Å². The molecule has 1 aromatic heterocycles. The molecule has 6 nitrogen and oxygen atoms in total. The lowest BCUT2D eigenvalue weighted by Gasteiger charge is -2.14. The van der Waals surface area contributed by atoms with E-state index in [0.29, 0.717) is 12.2 Å². The summed E-state index contributed by atoms with van der Waals surface area (Å²) in [6.07, 6.45) is 1.74. The third-order valence-corrected chi connectivity index (χ3v) is 2.30. The fourth-order valence-corrected chi connectivity index (χ4v) is 1.49. The summed E-state index contributed by atoms with van der Waals surface area (Å²) in [7, 11) is 0. The standard InChI is InChI=1S/C12H15NO5/c1-2-6-18-11-8(4-3-5-13-11)9(12(16)17)7-10(14)15/h3-5,9H,2,6-7H2,1H3,(H,14,15)(H,16,17). The number of carboxylic acid groups (broad SMARTS) is 2. The monoisotopic (exact) mass is 253 g/mol. The SMILES string of the molecule is CCCOc1ncccc1C(CC(=O)O)C(=O)O. The molecule has 0 aliphatic rings. The van der Waals surface area contributed by atoms with Gasteiger partial charge in [0.05, 0.1) is 18.9 Å². The van der Waals surface area contributed by atoms with Crippen molar-refractivity contribution in [2.45, 2.75) is 25.7 Å². The molecule has 0 saturated heterocycles. The molecule has 0 spiro atoms. The summed E-state index contributed by atoms with van der Waals surface area (Å²) in [5.74, 6) is -3.34. The Balaban J connectivity index is 3.02. The minimum absolute atomic E-state index is 0.188. The molecule has 0 bridgehead atoms. The second-order valence-corrected chi connectivity index (χ2v) is 3.73. The zero-order valence-corrected chi connectivity index (χ0v) is 10.00. The average molecular weight is 253 g/mol. The molecule has 0 aromatic carbocycles. The van der Waals surface area contributed by atoms with E-state index in [2.05, 4.69) is 4.98 Å². The van der Waals surface area contributed by atoms with Crippen molar-refractivity contribution in [1.29, 1.82) is 0 Å². The van der Waals surface area contributed by atoms with Gasteiger partial charge in [-0.3, -0.25) is 9.59 Å². The van der Waals surface area contributed by atoms with Crippen molar-refractivity contribution < 1.29 is 24.5 Å². The highest BCUT2D eigenvalue weighted by atomic mass is 16.5. The Hall–Kier alpha value is -2.11. The number of ether oxygens (including phenoxy) is 1. The van der Waals surface area contributed by atoms with Crippen LogP contribution in [0.2, 0.25) is 0 Å². The second-order valence-electron chi connectivity index (χ2n) is 3.73. The molecule has 2 N–H and O–H groups in total. The molecule has 0 fully saturated rings. The van der Waals surface area contributed by atoms with E-state index in [4.69, 9.17) is 14.9 Å². The summed E-state index contributed by atoms with van der Waals surface area (Å²) >= 11 is 0. The van der Waals surface area contributed by atoms with Gasteiger partial charge in [0.25, 0.3) is 0 Å². The Bertz CT molecular complexity index is 432. The minimum atomic E-state index is -1.20. The van der Waals surface area contributed by atoms with Crippen LogP contribution in [0.5, 0.6) is 5.88 Å². The molecule has 6 heteroatoms. The van der Waals surface area contributed by atoms with E-state index >= 15 is 0 Å². The number of aromatic nitrogens is 1. The van der Waals surface area contributed by atoms with E-state index in [1.54, 1.807) is 6.07 Å². The lowest BCUT2D eigenvalue weighted by atomic mass is 9.97. The molecule has 1 unspecified atom stereocenters. The molecule has 0 saturated carbocycles. The third kappa shape index (κ3) is 3.73. The first-order valence-electron chi connectivity index (χ1n) is 5.58. The Morgan fingerprint density at radius 1 is 1.44 bits per heavy atom. The average Bonchev–Trinajstić information content (AvgIpc) is 2.33. The topological polar surface area (TPSA) is 96.7 Å². The number of rotatable bonds is 7. The van der Waals surface area contributed by atoms with Gasteiger partial charge in [0.15, 0.2) is 0 Å². The van der Waals surface area contributed by atoms with Crippen LogP contribution in [-0.4, -0.2) is 33.7 Å². The van der Waals surface area contributed by atoms with Crippen molar-refractivity contribution in [3.8, 4) is 5.88 Å². The molecule has 0 radical (unpaired) electrons. The van der Waals surface area contributed by atoms with E-state index in [9.17, 15) is 9.59 Å². The quantitative estimate of drug-likeness (QED) is 0.764. The molecule has 0 amide bonds. The molecular formula is C12H15NO5. The molecule has 1 atom stereocenters. The lowest BCUT2D eigenvalue weighted by Crippen LogP contribution is -2.17. The molecule has 1 heterocycles. The smallest absolute Gasteiger partial charge is 0.311 e. The maximum absolute atomic E-state index is 11.1. The van der Waals surface area contributed by atoms with Crippen molar-refractivity contribution in [1.82, 2.24) is 4.98 Å². The highest BCUT2D eigenvalue weighted by Crippen LogP contribution is 2.27. The molecule has 1 aromatic rings. The summed E-state index contributed by atoms with van der Waals surface area (Å²) in [4.78, 5) is 25.8. The van der Waals surface area contributed by atoms with Gasteiger partial charge in [-0.15, -0.1) is 0 Å². The van der Waals surface area contributed by atoms with Crippen molar-refractivity contribution in [2.75, 3.05) is 6.61 Å². The zero-order chi connectivity index (χ0) is 13.5. The Morgan fingerprint density at radius 2 is 2.17 bits per heavy atom. The number of aliphatic carboxylic acids is 2.